The fraction of sp³-hybridized carbons (Fsp3) is 0.438. The lowest BCUT2D eigenvalue weighted by atomic mass is 10.1. The van der Waals surface area contributed by atoms with Gasteiger partial charge in [0.05, 0.1) is 6.04 Å². The van der Waals surface area contributed by atoms with E-state index in [1.807, 2.05) is 18.4 Å². The first kappa shape index (κ1) is 16.2. The standard InChI is InChI=1S/C16H20FN5O2/c1-10(2)15-18-3-4-21(15)9-14(23)22-7-12(8-22)20-16(24)13-5-11(17)6-19-13/h3-6,10,12,19H,7-9H2,1-2H3,(H,20,24). The van der Waals surface area contributed by atoms with Crippen LogP contribution in [0.3, 0.4) is 0 Å². The van der Waals surface area contributed by atoms with Crippen molar-refractivity contribution in [2.45, 2.75) is 32.4 Å². The van der Waals surface area contributed by atoms with Crippen LogP contribution in [0, 0.1) is 5.82 Å². The van der Waals surface area contributed by atoms with E-state index in [1.54, 1.807) is 17.3 Å². The van der Waals surface area contributed by atoms with E-state index in [4.69, 9.17) is 0 Å². The van der Waals surface area contributed by atoms with E-state index < -0.39 is 5.82 Å². The number of carbonyl (C=O) groups excluding carboxylic acids is 2. The van der Waals surface area contributed by atoms with Crippen molar-refractivity contribution in [3.63, 3.8) is 0 Å². The number of hydrogen-bond donors (Lipinski definition) is 2. The molecule has 1 saturated heterocycles. The van der Waals surface area contributed by atoms with Crippen molar-refractivity contribution >= 4 is 11.8 Å². The van der Waals surface area contributed by atoms with Crippen LogP contribution in [0.1, 0.15) is 36.1 Å². The molecule has 2 N–H and O–H groups in total. The second kappa shape index (κ2) is 6.46. The molecule has 2 amide bonds. The van der Waals surface area contributed by atoms with Crippen molar-refractivity contribution in [1.82, 2.24) is 24.8 Å². The number of halogens is 1. The van der Waals surface area contributed by atoms with Gasteiger partial charge in [-0.25, -0.2) is 9.37 Å². The number of amides is 2. The van der Waals surface area contributed by atoms with Crippen molar-refractivity contribution in [1.29, 1.82) is 0 Å². The molecule has 0 bridgehead atoms. The summed E-state index contributed by atoms with van der Waals surface area (Å²) >= 11 is 0. The highest BCUT2D eigenvalue weighted by Gasteiger charge is 2.32. The van der Waals surface area contributed by atoms with Gasteiger partial charge in [0.1, 0.15) is 23.9 Å². The monoisotopic (exact) mass is 333 g/mol. The van der Waals surface area contributed by atoms with Gasteiger partial charge in [-0.3, -0.25) is 9.59 Å². The molecule has 0 spiro atoms. The second-order valence-corrected chi connectivity index (χ2v) is 6.27. The van der Waals surface area contributed by atoms with E-state index in [0.717, 1.165) is 18.1 Å². The Morgan fingerprint density at radius 1 is 1.46 bits per heavy atom. The zero-order valence-corrected chi connectivity index (χ0v) is 13.6. The Morgan fingerprint density at radius 2 is 2.21 bits per heavy atom. The molecule has 8 heteroatoms. The quantitative estimate of drug-likeness (QED) is 0.860. The summed E-state index contributed by atoms with van der Waals surface area (Å²) in [5.74, 6) is 0.269. The van der Waals surface area contributed by atoms with Crippen molar-refractivity contribution < 1.29 is 14.0 Å². The second-order valence-electron chi connectivity index (χ2n) is 6.27. The first-order valence-electron chi connectivity index (χ1n) is 7.87. The van der Waals surface area contributed by atoms with Crippen LogP contribution in [0.2, 0.25) is 0 Å². The van der Waals surface area contributed by atoms with Gasteiger partial charge in [-0.15, -0.1) is 0 Å². The average molecular weight is 333 g/mol. The Balaban J connectivity index is 1.48. The summed E-state index contributed by atoms with van der Waals surface area (Å²) < 4.78 is 14.7. The molecule has 128 valence electrons. The Hall–Kier alpha value is -2.64. The summed E-state index contributed by atoms with van der Waals surface area (Å²) in [6.07, 6.45) is 4.62. The van der Waals surface area contributed by atoms with Gasteiger partial charge in [0, 0.05) is 43.7 Å². The summed E-state index contributed by atoms with van der Waals surface area (Å²) in [7, 11) is 0. The molecule has 1 aliphatic rings. The zero-order valence-electron chi connectivity index (χ0n) is 13.6. The number of hydrogen-bond acceptors (Lipinski definition) is 3. The molecular formula is C16H20FN5O2. The van der Waals surface area contributed by atoms with Crippen molar-refractivity contribution in [2.75, 3.05) is 13.1 Å². The van der Waals surface area contributed by atoms with Crippen molar-refractivity contribution in [2.24, 2.45) is 0 Å². The third kappa shape index (κ3) is 3.32. The predicted molar refractivity (Wildman–Crippen MR) is 84.9 cm³/mol. The topological polar surface area (TPSA) is 83.0 Å². The molecule has 0 saturated carbocycles. The molecule has 3 rings (SSSR count). The summed E-state index contributed by atoms with van der Waals surface area (Å²) in [5, 5.41) is 2.77. The van der Waals surface area contributed by atoms with Gasteiger partial charge < -0.3 is 19.8 Å². The summed E-state index contributed by atoms with van der Waals surface area (Å²) in [5.41, 5.74) is 0.178. The average Bonchev–Trinajstić information content (AvgIpc) is 3.10. The van der Waals surface area contributed by atoms with E-state index in [-0.39, 0.29) is 36.0 Å². The van der Waals surface area contributed by atoms with E-state index in [1.165, 1.54) is 0 Å². The van der Waals surface area contributed by atoms with Crippen LogP contribution in [0.25, 0.3) is 0 Å². The van der Waals surface area contributed by atoms with Crippen LogP contribution >= 0.6 is 0 Å². The van der Waals surface area contributed by atoms with Crippen molar-refractivity contribution in [3.8, 4) is 0 Å². The lowest BCUT2D eigenvalue weighted by Crippen LogP contribution is -2.61. The fourth-order valence-electron chi connectivity index (χ4n) is 2.74. The van der Waals surface area contributed by atoms with E-state index >= 15 is 0 Å². The van der Waals surface area contributed by atoms with Crippen LogP contribution in [-0.2, 0) is 11.3 Å². The number of rotatable bonds is 5. The molecule has 0 aromatic carbocycles. The third-order valence-corrected chi connectivity index (χ3v) is 4.03. The molecule has 1 fully saturated rings. The molecule has 24 heavy (non-hydrogen) atoms. The summed E-state index contributed by atoms with van der Waals surface area (Å²) in [4.78, 5) is 32.7. The van der Waals surface area contributed by atoms with Gasteiger partial charge >= 0.3 is 0 Å². The molecule has 2 aromatic rings. The van der Waals surface area contributed by atoms with Gasteiger partial charge in [0.15, 0.2) is 0 Å². The zero-order chi connectivity index (χ0) is 17.3. The maximum Gasteiger partial charge on any atom is 0.268 e. The van der Waals surface area contributed by atoms with Gasteiger partial charge in [0.2, 0.25) is 5.91 Å². The van der Waals surface area contributed by atoms with Gasteiger partial charge in [-0.05, 0) is 0 Å². The molecule has 3 heterocycles. The number of carbonyl (C=O) groups is 2. The molecule has 1 aliphatic heterocycles. The molecule has 0 unspecified atom stereocenters. The molecule has 2 aromatic heterocycles. The van der Waals surface area contributed by atoms with Gasteiger partial charge in [-0.2, -0.15) is 0 Å². The van der Waals surface area contributed by atoms with Crippen LogP contribution in [-0.4, -0.2) is 50.4 Å². The molecule has 7 nitrogen and oxygen atoms in total. The largest absolute Gasteiger partial charge is 0.355 e. The van der Waals surface area contributed by atoms with Gasteiger partial charge in [-0.1, -0.05) is 13.8 Å². The number of nitrogens with zero attached hydrogens (tertiary/aromatic N) is 3. The number of aromatic nitrogens is 3. The molecular weight excluding hydrogens is 313 g/mol. The number of aromatic amines is 1. The smallest absolute Gasteiger partial charge is 0.268 e. The lowest BCUT2D eigenvalue weighted by molar-refractivity contribution is -0.136. The molecule has 0 radical (unpaired) electrons. The highest BCUT2D eigenvalue weighted by atomic mass is 19.1. The minimum absolute atomic E-state index is 0.00804. The Morgan fingerprint density at radius 3 is 2.83 bits per heavy atom. The maximum absolute atomic E-state index is 12.9. The maximum atomic E-state index is 12.9. The molecule has 0 atom stereocenters. The first-order chi connectivity index (χ1) is 11.4. The fourth-order valence-corrected chi connectivity index (χ4v) is 2.74. The number of likely N-dealkylation sites (tertiary alicyclic amines) is 1. The minimum Gasteiger partial charge on any atom is -0.355 e. The van der Waals surface area contributed by atoms with E-state index in [2.05, 4.69) is 15.3 Å². The highest BCUT2D eigenvalue weighted by molar-refractivity contribution is 5.92. The Labute approximate surface area is 138 Å². The van der Waals surface area contributed by atoms with Crippen molar-refractivity contribution in [3.05, 3.63) is 42.0 Å². The number of H-pyrrole nitrogens is 1. The Bertz CT molecular complexity index is 745. The van der Waals surface area contributed by atoms with Gasteiger partial charge in [0.25, 0.3) is 5.91 Å². The SMILES string of the molecule is CC(C)c1nccn1CC(=O)N1CC(NC(=O)c2cc(F)c[nH]2)C1. The van der Waals surface area contributed by atoms with Crippen LogP contribution in [0.5, 0.6) is 0 Å². The normalized spacial score (nSPS) is 14.8. The molecule has 0 aliphatic carbocycles. The first-order valence-corrected chi connectivity index (χ1v) is 7.87. The van der Waals surface area contributed by atoms with E-state index in [0.29, 0.717) is 13.1 Å². The van der Waals surface area contributed by atoms with Crippen LogP contribution < -0.4 is 5.32 Å². The number of nitrogens with one attached hydrogen (secondary N) is 2. The van der Waals surface area contributed by atoms with E-state index in [9.17, 15) is 14.0 Å². The summed E-state index contributed by atoms with van der Waals surface area (Å²) in [6, 6.07) is 1.03. The minimum atomic E-state index is -0.480. The summed E-state index contributed by atoms with van der Waals surface area (Å²) in [6.45, 7) is 5.22. The lowest BCUT2D eigenvalue weighted by Gasteiger charge is -2.39. The highest BCUT2D eigenvalue weighted by Crippen LogP contribution is 2.14. The number of imidazole rings is 1. The third-order valence-electron chi connectivity index (χ3n) is 4.03. The Kier molecular flexibility index (Phi) is 4.37. The predicted octanol–water partition coefficient (Wildman–Crippen LogP) is 1.11. The van der Waals surface area contributed by atoms with Crippen LogP contribution in [0.4, 0.5) is 4.39 Å². The van der Waals surface area contributed by atoms with Crippen LogP contribution in [0.15, 0.2) is 24.7 Å².